The van der Waals surface area contributed by atoms with Crippen molar-refractivity contribution in [2.24, 2.45) is 10.8 Å². The molecule has 18 heteroatoms. The molecular formula is C40H42Cl6N8O4. The molecule has 0 aromatic heterocycles. The zero-order valence-electron chi connectivity index (χ0n) is 31.7. The molecule has 2 aliphatic rings. The van der Waals surface area contributed by atoms with Crippen LogP contribution < -0.4 is 15.5 Å². The van der Waals surface area contributed by atoms with E-state index in [9.17, 15) is 9.59 Å². The van der Waals surface area contributed by atoms with E-state index in [0.717, 1.165) is 22.5 Å². The van der Waals surface area contributed by atoms with Crippen LogP contribution in [0.3, 0.4) is 0 Å². The third-order valence-electron chi connectivity index (χ3n) is 9.80. The molecule has 0 spiro atoms. The van der Waals surface area contributed by atoms with E-state index in [1.165, 1.54) is 0 Å². The van der Waals surface area contributed by atoms with Crippen molar-refractivity contribution >= 4 is 93.2 Å². The van der Waals surface area contributed by atoms with E-state index in [2.05, 4.69) is 19.8 Å². The molecule has 12 nitrogen and oxygen atoms in total. The number of nitrogens with zero attached hydrogens (tertiary/aromatic N) is 7. The molecule has 2 heterocycles. The highest BCUT2D eigenvalue weighted by Gasteiger charge is 2.42. The summed E-state index contributed by atoms with van der Waals surface area (Å²) in [6.07, 6.45) is -0.810. The van der Waals surface area contributed by atoms with Gasteiger partial charge in [0.1, 0.15) is 0 Å². The molecule has 4 aromatic carbocycles. The molecule has 0 aliphatic carbocycles. The lowest BCUT2D eigenvalue weighted by Gasteiger charge is -2.48. The van der Waals surface area contributed by atoms with E-state index in [1.807, 2.05) is 48.5 Å². The molecule has 2 aliphatic heterocycles. The number of hydrogen-bond acceptors (Lipinski definition) is 8. The van der Waals surface area contributed by atoms with E-state index in [1.54, 1.807) is 60.0 Å². The van der Waals surface area contributed by atoms with Gasteiger partial charge in [0, 0.05) is 64.3 Å². The normalized spacial score (nSPS) is 19.1. The van der Waals surface area contributed by atoms with Gasteiger partial charge in [0.15, 0.2) is 0 Å². The van der Waals surface area contributed by atoms with Crippen LogP contribution in [0, 0.1) is 0 Å². The van der Waals surface area contributed by atoms with Crippen LogP contribution in [0.15, 0.2) is 90.0 Å². The standard InChI is InChI=1S/C20H20Cl3N5O2.C20H22Cl3N3O2/c1-2-30-20(29)28-10-9-27(17-8-7-15(22)11-16(17)23)19(18(28)12-25-26-24)13-3-5-14(21)6-4-13;1-2-28-20(27)26-10-9-25(17-8-7-15(22)11-16(17)23)19(18(26)12-24)13-3-5-14(21)6-4-13/h3-8,11,18-19H,2,9-10,12H2,1H3;3-8,11,18-19H,2,9-10,12,24H2,1H3/t2*18-,19+/m11/s1. The first-order chi connectivity index (χ1) is 27.9. The van der Waals surface area contributed by atoms with Gasteiger partial charge in [-0.05, 0) is 91.2 Å². The van der Waals surface area contributed by atoms with Crippen molar-refractivity contribution in [3.05, 3.63) is 137 Å². The number of carbonyl (C=O) groups excluding carboxylic acids is 2. The number of amides is 2. The summed E-state index contributed by atoms with van der Waals surface area (Å²) in [5.74, 6) is 0. The predicted molar refractivity (Wildman–Crippen MR) is 234 cm³/mol. The smallest absolute Gasteiger partial charge is 0.410 e. The van der Waals surface area contributed by atoms with E-state index in [4.69, 9.17) is 90.3 Å². The van der Waals surface area contributed by atoms with E-state index >= 15 is 0 Å². The van der Waals surface area contributed by atoms with Crippen molar-refractivity contribution in [2.45, 2.75) is 38.0 Å². The lowest BCUT2D eigenvalue weighted by Crippen LogP contribution is -2.59. The minimum Gasteiger partial charge on any atom is -0.450 e. The number of rotatable bonds is 9. The van der Waals surface area contributed by atoms with Gasteiger partial charge < -0.3 is 29.9 Å². The highest BCUT2D eigenvalue weighted by Crippen LogP contribution is 2.41. The fourth-order valence-electron chi connectivity index (χ4n) is 7.33. The predicted octanol–water partition coefficient (Wildman–Crippen LogP) is 11.3. The fourth-order valence-corrected chi connectivity index (χ4v) is 8.62. The third-order valence-corrected chi connectivity index (χ3v) is 11.4. The van der Waals surface area contributed by atoms with Gasteiger partial charge in [-0.25, -0.2) is 9.59 Å². The van der Waals surface area contributed by atoms with Gasteiger partial charge >= 0.3 is 12.2 Å². The molecule has 2 saturated heterocycles. The van der Waals surface area contributed by atoms with Crippen molar-refractivity contribution in [3.8, 4) is 0 Å². The molecule has 0 unspecified atom stereocenters. The Kier molecular flexibility index (Phi) is 16.6. The number of halogens is 6. The maximum atomic E-state index is 12.6. The molecule has 308 valence electrons. The molecule has 58 heavy (non-hydrogen) atoms. The molecule has 0 saturated carbocycles. The summed E-state index contributed by atoms with van der Waals surface area (Å²) in [5.41, 5.74) is 18.6. The van der Waals surface area contributed by atoms with Crippen molar-refractivity contribution in [3.63, 3.8) is 0 Å². The molecule has 2 fully saturated rings. The average Bonchev–Trinajstić information content (AvgIpc) is 3.20. The zero-order valence-corrected chi connectivity index (χ0v) is 36.2. The Morgan fingerprint density at radius 1 is 0.655 bits per heavy atom. The van der Waals surface area contributed by atoms with Crippen LogP contribution >= 0.6 is 69.6 Å². The Morgan fingerprint density at radius 3 is 1.43 bits per heavy atom. The summed E-state index contributed by atoms with van der Waals surface area (Å²) in [6, 6.07) is 24.3. The topological polar surface area (TPSA) is 140 Å². The second kappa shape index (κ2) is 21.3. The van der Waals surface area contributed by atoms with Crippen LogP contribution in [0.25, 0.3) is 10.4 Å². The van der Waals surface area contributed by atoms with Crippen LogP contribution in [0.5, 0.6) is 0 Å². The maximum Gasteiger partial charge on any atom is 0.410 e. The Morgan fingerprint density at radius 2 is 1.05 bits per heavy atom. The lowest BCUT2D eigenvalue weighted by atomic mass is 9.93. The van der Waals surface area contributed by atoms with Crippen LogP contribution in [0.4, 0.5) is 21.0 Å². The zero-order chi connectivity index (χ0) is 41.9. The van der Waals surface area contributed by atoms with Gasteiger partial charge in [-0.2, -0.15) is 0 Å². The SMILES string of the molecule is CCOC(=O)N1CCN(c2ccc(Cl)cc2Cl)[C@@H](c2ccc(Cl)cc2)[C@H]1CN.CCOC(=O)N1CCN(c2ccc(Cl)cc2Cl)[C@@H](c2ccc(Cl)cc2)[C@H]1CN=[N+]=[N-]. The molecule has 0 bridgehead atoms. The molecular weight excluding hydrogens is 869 g/mol. The molecule has 6 rings (SSSR count). The van der Waals surface area contributed by atoms with Crippen LogP contribution in [-0.2, 0) is 9.47 Å². The van der Waals surface area contributed by atoms with Crippen LogP contribution in [-0.4, -0.2) is 86.6 Å². The largest absolute Gasteiger partial charge is 0.450 e. The van der Waals surface area contributed by atoms with Gasteiger partial charge in [0.2, 0.25) is 0 Å². The van der Waals surface area contributed by atoms with Gasteiger partial charge in [0.05, 0.1) is 58.8 Å². The number of nitrogens with two attached hydrogens (primary N) is 1. The summed E-state index contributed by atoms with van der Waals surface area (Å²) in [4.78, 5) is 35.6. The fraction of sp³-hybridized carbons (Fsp3) is 0.350. The second-order valence-corrected chi connectivity index (χ2v) is 15.7. The first-order valence-corrected chi connectivity index (χ1v) is 20.7. The van der Waals surface area contributed by atoms with Crippen molar-refractivity contribution in [1.82, 2.24) is 9.80 Å². The summed E-state index contributed by atoms with van der Waals surface area (Å²) in [5, 5.41) is 7.15. The highest BCUT2D eigenvalue weighted by molar-refractivity contribution is 6.37. The highest BCUT2D eigenvalue weighted by atomic mass is 35.5. The number of piperazine rings is 2. The maximum absolute atomic E-state index is 12.6. The number of benzene rings is 4. The number of anilines is 2. The summed E-state index contributed by atoms with van der Waals surface area (Å²) in [6.45, 7) is 6.38. The third kappa shape index (κ3) is 10.8. The number of carbonyl (C=O) groups is 2. The van der Waals surface area contributed by atoms with E-state index < -0.39 is 12.1 Å². The van der Waals surface area contributed by atoms with Crippen LogP contribution in [0.1, 0.15) is 37.1 Å². The summed E-state index contributed by atoms with van der Waals surface area (Å²) < 4.78 is 10.5. The molecule has 2 N–H and O–H groups in total. The van der Waals surface area contributed by atoms with E-state index in [-0.39, 0.29) is 43.9 Å². The number of hydrogen-bond donors (Lipinski definition) is 1. The summed E-state index contributed by atoms with van der Waals surface area (Å²) >= 11 is 37.3. The molecule has 4 atom stereocenters. The quantitative estimate of drug-likeness (QED) is 0.100. The van der Waals surface area contributed by atoms with Gasteiger partial charge in [-0.3, -0.25) is 4.90 Å². The number of azide groups is 1. The van der Waals surface area contributed by atoms with E-state index in [0.29, 0.717) is 62.9 Å². The number of ether oxygens (including phenoxy) is 2. The Hall–Kier alpha value is -3.97. The van der Waals surface area contributed by atoms with Gasteiger partial charge in [0.25, 0.3) is 0 Å². The van der Waals surface area contributed by atoms with Crippen molar-refractivity contribution in [2.75, 3.05) is 62.3 Å². The average molecular weight is 912 g/mol. The van der Waals surface area contributed by atoms with Gasteiger partial charge in [-0.15, -0.1) is 0 Å². The first-order valence-electron chi connectivity index (χ1n) is 18.4. The minimum absolute atomic E-state index is 0.0737. The minimum atomic E-state index is -0.471. The lowest BCUT2D eigenvalue weighted by molar-refractivity contribution is 0.0756. The van der Waals surface area contributed by atoms with Crippen molar-refractivity contribution < 1.29 is 19.1 Å². The second-order valence-electron chi connectivity index (χ2n) is 13.1. The van der Waals surface area contributed by atoms with Crippen LogP contribution in [0.2, 0.25) is 30.1 Å². The van der Waals surface area contributed by atoms with Crippen molar-refractivity contribution in [1.29, 1.82) is 0 Å². The molecule has 2 amide bonds. The van der Waals surface area contributed by atoms with Gasteiger partial charge in [-0.1, -0.05) is 99.0 Å². The molecule has 4 aromatic rings. The molecule has 0 radical (unpaired) electrons. The summed E-state index contributed by atoms with van der Waals surface area (Å²) in [7, 11) is 0. The monoisotopic (exact) mass is 908 g/mol. The Bertz CT molecular complexity index is 2080. The Balaban J connectivity index is 0.000000221. The Labute approximate surface area is 367 Å². The first kappa shape index (κ1) is 45.1.